The van der Waals surface area contributed by atoms with Crippen LogP contribution in [0.4, 0.5) is 0 Å². The zero-order valence-corrected chi connectivity index (χ0v) is 4.78. The third-order valence-corrected chi connectivity index (χ3v) is 1.10. The molecule has 0 heterocycles. The largest absolute Gasteiger partial charge is 0.392 e. The Balaban J connectivity index is 2.75. The minimum Gasteiger partial charge on any atom is -0.392 e. The topological polar surface area (TPSA) is 20.2 Å². The second kappa shape index (κ2) is 3.50. The molecular weight excluding hydrogens is 96.1 g/mol. The van der Waals surface area contributed by atoms with Gasteiger partial charge in [-0.3, -0.25) is 0 Å². The first-order valence-corrected chi connectivity index (χ1v) is 2.73. The van der Waals surface area contributed by atoms with E-state index in [1.807, 2.05) is 6.92 Å². The molecule has 0 saturated carbocycles. The van der Waals surface area contributed by atoms with E-state index in [2.05, 4.69) is 12.6 Å². The Morgan fingerprint density at radius 3 is 2.33 bits per heavy atom. The Hall–Kier alpha value is 0.310. The van der Waals surface area contributed by atoms with Crippen molar-refractivity contribution in [2.45, 2.75) is 19.4 Å². The lowest BCUT2D eigenvalue weighted by molar-refractivity contribution is 0.196. The molecule has 2 heteroatoms. The molecule has 0 aromatic carbocycles. The van der Waals surface area contributed by atoms with Crippen LogP contribution in [0, 0.1) is 0 Å². The van der Waals surface area contributed by atoms with Crippen molar-refractivity contribution >= 4 is 12.6 Å². The summed E-state index contributed by atoms with van der Waals surface area (Å²) in [5, 5.41) is 8.59. The second-order valence-electron chi connectivity index (χ2n) is 1.24. The monoisotopic (exact) mass is 106 g/mol. The van der Waals surface area contributed by atoms with E-state index in [4.69, 9.17) is 5.11 Å². The fourth-order valence-electron chi connectivity index (χ4n) is 0.129. The van der Waals surface area contributed by atoms with Crippen LogP contribution in [-0.4, -0.2) is 17.0 Å². The fraction of sp³-hybridized carbons (Fsp3) is 1.00. The van der Waals surface area contributed by atoms with E-state index in [1.54, 1.807) is 0 Å². The summed E-state index contributed by atoms with van der Waals surface area (Å²) in [6.07, 6.45) is 0.608. The van der Waals surface area contributed by atoms with Crippen molar-refractivity contribution < 1.29 is 5.11 Å². The number of hydrogen-bond acceptors (Lipinski definition) is 2. The van der Waals surface area contributed by atoms with Crippen LogP contribution < -0.4 is 0 Å². The molecule has 0 aromatic rings. The van der Waals surface area contributed by atoms with Gasteiger partial charge in [0.15, 0.2) is 0 Å². The highest BCUT2D eigenvalue weighted by atomic mass is 32.1. The first-order chi connectivity index (χ1) is 2.81. The molecule has 0 bridgehead atoms. The van der Waals surface area contributed by atoms with Crippen LogP contribution in [0.2, 0.25) is 0 Å². The van der Waals surface area contributed by atoms with Gasteiger partial charge in [-0.1, -0.05) is 6.92 Å². The number of thiol groups is 1. The molecule has 0 radical (unpaired) electrons. The maximum atomic E-state index is 8.59. The molecule has 0 unspecified atom stereocenters. The Labute approximate surface area is 43.8 Å². The predicted molar refractivity (Wildman–Crippen MR) is 30.2 cm³/mol. The molecule has 0 spiro atoms. The van der Waals surface area contributed by atoms with Gasteiger partial charge in [0.2, 0.25) is 0 Å². The number of aliphatic hydroxyl groups is 1. The Kier molecular flexibility index (Phi) is 3.68. The first kappa shape index (κ1) is 6.31. The van der Waals surface area contributed by atoms with Crippen molar-refractivity contribution in [2.24, 2.45) is 0 Å². The Bertz CT molecular complexity index is 26.7. The van der Waals surface area contributed by atoms with Gasteiger partial charge in [-0.2, -0.15) is 12.6 Å². The lowest BCUT2D eigenvalue weighted by atomic mass is 10.3. The maximum Gasteiger partial charge on any atom is 0.0625 e. The second-order valence-corrected chi connectivity index (χ2v) is 1.61. The number of aliphatic hydroxyl groups excluding tert-OH is 1. The van der Waals surface area contributed by atoms with Crippen LogP contribution in [0.3, 0.4) is 0 Å². The van der Waals surface area contributed by atoms with Crippen LogP contribution in [0.15, 0.2) is 0 Å². The molecule has 0 aliphatic heterocycles. The zero-order chi connectivity index (χ0) is 4.99. The van der Waals surface area contributed by atoms with Crippen molar-refractivity contribution in [3.8, 4) is 0 Å². The molecule has 0 saturated heterocycles. The van der Waals surface area contributed by atoms with Gasteiger partial charge in [-0.15, -0.1) is 0 Å². The fourth-order valence-corrected chi connectivity index (χ4v) is 0.387. The maximum absolute atomic E-state index is 8.59. The standard InChI is InChI=1S/C4H10OS/c1-2-4(5)3-6/h4-6H,2-3H2,1H3/t4-/m0/s1. The summed E-state index contributed by atoms with van der Waals surface area (Å²) in [4.78, 5) is 0. The van der Waals surface area contributed by atoms with E-state index in [1.165, 1.54) is 0 Å². The molecule has 0 aliphatic carbocycles. The highest BCUT2D eigenvalue weighted by molar-refractivity contribution is 7.80. The molecule has 0 rings (SSSR count). The van der Waals surface area contributed by atoms with Crippen molar-refractivity contribution in [1.82, 2.24) is 0 Å². The summed E-state index contributed by atoms with van der Waals surface area (Å²) in [5.74, 6) is 0.580. The molecule has 0 fully saturated rings. The third-order valence-electron chi connectivity index (χ3n) is 0.682. The average Bonchev–Trinajstić information content (AvgIpc) is 1.65. The van der Waals surface area contributed by atoms with Crippen LogP contribution >= 0.6 is 12.6 Å². The van der Waals surface area contributed by atoms with E-state index < -0.39 is 0 Å². The number of rotatable bonds is 2. The van der Waals surface area contributed by atoms with Crippen molar-refractivity contribution in [1.29, 1.82) is 0 Å². The lowest BCUT2D eigenvalue weighted by Crippen LogP contribution is -2.04. The highest BCUT2D eigenvalue weighted by Crippen LogP contribution is 1.89. The third kappa shape index (κ3) is 2.54. The van der Waals surface area contributed by atoms with E-state index in [0.717, 1.165) is 6.42 Å². The molecular formula is C4H10OS. The molecule has 1 nitrogen and oxygen atoms in total. The summed E-state index contributed by atoms with van der Waals surface area (Å²) in [6.45, 7) is 1.93. The van der Waals surface area contributed by atoms with Gasteiger partial charge in [-0.05, 0) is 6.42 Å². The first-order valence-electron chi connectivity index (χ1n) is 2.10. The SMILES string of the molecule is CC[C@H](O)CS. The van der Waals surface area contributed by atoms with E-state index in [0.29, 0.717) is 5.75 Å². The van der Waals surface area contributed by atoms with Crippen LogP contribution in [-0.2, 0) is 0 Å². The lowest BCUT2D eigenvalue weighted by Gasteiger charge is -1.97. The zero-order valence-electron chi connectivity index (χ0n) is 3.89. The number of hydrogen-bond donors (Lipinski definition) is 2. The summed E-state index contributed by atoms with van der Waals surface area (Å²) in [7, 11) is 0. The highest BCUT2D eigenvalue weighted by Gasteiger charge is 1.91. The van der Waals surface area contributed by atoms with E-state index in [-0.39, 0.29) is 6.10 Å². The van der Waals surface area contributed by atoms with Gasteiger partial charge in [0.05, 0.1) is 6.10 Å². The van der Waals surface area contributed by atoms with Gasteiger partial charge in [0.1, 0.15) is 0 Å². The van der Waals surface area contributed by atoms with Crippen molar-refractivity contribution in [2.75, 3.05) is 5.75 Å². The molecule has 0 amide bonds. The van der Waals surface area contributed by atoms with Gasteiger partial charge in [-0.25, -0.2) is 0 Å². The van der Waals surface area contributed by atoms with Crippen molar-refractivity contribution in [3.63, 3.8) is 0 Å². The van der Waals surface area contributed by atoms with Crippen molar-refractivity contribution in [3.05, 3.63) is 0 Å². The molecule has 1 N–H and O–H groups in total. The quantitative estimate of drug-likeness (QED) is 0.496. The summed E-state index contributed by atoms with van der Waals surface area (Å²) >= 11 is 3.85. The molecule has 0 aromatic heterocycles. The van der Waals surface area contributed by atoms with Gasteiger partial charge in [0.25, 0.3) is 0 Å². The van der Waals surface area contributed by atoms with E-state index >= 15 is 0 Å². The van der Waals surface area contributed by atoms with E-state index in [9.17, 15) is 0 Å². The summed E-state index contributed by atoms with van der Waals surface area (Å²) in [5.41, 5.74) is 0. The summed E-state index contributed by atoms with van der Waals surface area (Å²) < 4.78 is 0. The normalized spacial score (nSPS) is 14.5. The minimum absolute atomic E-state index is 0.201. The predicted octanol–water partition coefficient (Wildman–Crippen LogP) is 0.687. The van der Waals surface area contributed by atoms with Gasteiger partial charge >= 0.3 is 0 Å². The van der Waals surface area contributed by atoms with Crippen LogP contribution in [0.5, 0.6) is 0 Å². The molecule has 38 valence electrons. The van der Waals surface area contributed by atoms with Crippen LogP contribution in [0.25, 0.3) is 0 Å². The molecule has 0 aliphatic rings. The average molecular weight is 106 g/mol. The van der Waals surface area contributed by atoms with Gasteiger partial charge in [0, 0.05) is 5.75 Å². The molecule has 6 heavy (non-hydrogen) atoms. The molecule has 1 atom stereocenters. The van der Waals surface area contributed by atoms with Gasteiger partial charge < -0.3 is 5.11 Å². The Morgan fingerprint density at radius 2 is 2.33 bits per heavy atom. The summed E-state index contributed by atoms with van der Waals surface area (Å²) in [6, 6.07) is 0. The minimum atomic E-state index is -0.201. The van der Waals surface area contributed by atoms with Crippen LogP contribution in [0.1, 0.15) is 13.3 Å². The Morgan fingerprint density at radius 1 is 1.83 bits per heavy atom. The smallest absolute Gasteiger partial charge is 0.0625 e.